The van der Waals surface area contributed by atoms with Crippen molar-refractivity contribution in [2.24, 2.45) is 5.16 Å². The minimum Gasteiger partial charge on any atom is -0.411 e. The van der Waals surface area contributed by atoms with Gasteiger partial charge in [-0.25, -0.2) is 0 Å². The Hall–Kier alpha value is -0.610. The van der Waals surface area contributed by atoms with Crippen LogP contribution < -0.4 is 0 Å². The van der Waals surface area contributed by atoms with Gasteiger partial charge in [-0.1, -0.05) is 5.16 Å². The van der Waals surface area contributed by atoms with Crippen molar-refractivity contribution in [1.29, 1.82) is 0 Å². The number of hydrogen-bond acceptors (Lipinski definition) is 4. The maximum atomic E-state index is 8.64. The van der Waals surface area contributed by atoms with Gasteiger partial charge in [0.15, 0.2) is 0 Å². The molecular formula is C11H20N2O2. The summed E-state index contributed by atoms with van der Waals surface area (Å²) in [4.78, 5) is 2.42. The topological polar surface area (TPSA) is 45.1 Å². The standard InChI is InChI=1S/C11H20N2O2/c14-12-10-4-6-13(7-5-10)9-11-3-1-2-8-15-11/h11,14H,1-9H2. The Bertz CT molecular complexity index is 215. The van der Waals surface area contributed by atoms with Gasteiger partial charge in [-0.2, -0.15) is 0 Å². The molecule has 0 radical (unpaired) electrons. The summed E-state index contributed by atoms with van der Waals surface area (Å²) >= 11 is 0. The molecule has 0 aromatic carbocycles. The van der Waals surface area contributed by atoms with Crippen molar-refractivity contribution in [3.05, 3.63) is 0 Å². The fourth-order valence-corrected chi connectivity index (χ4v) is 2.33. The van der Waals surface area contributed by atoms with Gasteiger partial charge in [0.05, 0.1) is 11.8 Å². The van der Waals surface area contributed by atoms with Crippen LogP contribution in [0.2, 0.25) is 0 Å². The van der Waals surface area contributed by atoms with Gasteiger partial charge < -0.3 is 14.8 Å². The SMILES string of the molecule is ON=C1CCN(CC2CCCCO2)CC1. The molecule has 1 unspecified atom stereocenters. The van der Waals surface area contributed by atoms with Crippen molar-refractivity contribution in [1.82, 2.24) is 4.90 Å². The zero-order valence-electron chi connectivity index (χ0n) is 9.19. The number of ether oxygens (including phenoxy) is 1. The molecule has 4 heteroatoms. The molecule has 1 N–H and O–H groups in total. The molecule has 0 amide bonds. The summed E-state index contributed by atoms with van der Waals surface area (Å²) in [5.74, 6) is 0. The summed E-state index contributed by atoms with van der Waals surface area (Å²) in [7, 11) is 0. The van der Waals surface area contributed by atoms with Gasteiger partial charge in [-0.05, 0) is 19.3 Å². The number of piperidine rings is 1. The molecule has 0 aliphatic carbocycles. The molecule has 15 heavy (non-hydrogen) atoms. The van der Waals surface area contributed by atoms with E-state index in [0.717, 1.165) is 44.8 Å². The third kappa shape index (κ3) is 3.18. The maximum Gasteiger partial charge on any atom is 0.0702 e. The Morgan fingerprint density at radius 1 is 1.33 bits per heavy atom. The average Bonchev–Trinajstić information content (AvgIpc) is 2.31. The van der Waals surface area contributed by atoms with Crippen molar-refractivity contribution in [2.45, 2.75) is 38.2 Å². The van der Waals surface area contributed by atoms with Crippen LogP contribution in [0, 0.1) is 0 Å². The molecule has 2 aliphatic rings. The minimum atomic E-state index is 0.436. The predicted octanol–water partition coefficient (Wildman–Crippen LogP) is 1.48. The highest BCUT2D eigenvalue weighted by Crippen LogP contribution is 2.16. The monoisotopic (exact) mass is 212 g/mol. The normalized spacial score (nSPS) is 29.1. The van der Waals surface area contributed by atoms with Crippen LogP contribution in [0.3, 0.4) is 0 Å². The molecule has 2 saturated heterocycles. The number of likely N-dealkylation sites (tertiary alicyclic amines) is 1. The molecule has 2 fully saturated rings. The van der Waals surface area contributed by atoms with Crippen LogP contribution in [-0.4, -0.2) is 48.2 Å². The van der Waals surface area contributed by atoms with Crippen LogP contribution in [0.15, 0.2) is 5.16 Å². The Labute approximate surface area is 90.9 Å². The Balaban J connectivity index is 1.71. The molecule has 0 aromatic heterocycles. The van der Waals surface area contributed by atoms with Gasteiger partial charge in [-0.3, -0.25) is 0 Å². The first-order chi connectivity index (χ1) is 7.38. The highest BCUT2D eigenvalue weighted by Gasteiger charge is 2.21. The summed E-state index contributed by atoms with van der Waals surface area (Å²) < 4.78 is 5.71. The molecule has 2 aliphatic heterocycles. The molecule has 0 bridgehead atoms. The largest absolute Gasteiger partial charge is 0.411 e. The molecule has 4 nitrogen and oxygen atoms in total. The Morgan fingerprint density at radius 3 is 2.73 bits per heavy atom. The lowest BCUT2D eigenvalue weighted by molar-refractivity contribution is -0.00585. The minimum absolute atomic E-state index is 0.436. The summed E-state index contributed by atoms with van der Waals surface area (Å²) in [5.41, 5.74) is 0.941. The molecular weight excluding hydrogens is 192 g/mol. The number of oxime groups is 1. The van der Waals surface area contributed by atoms with Crippen molar-refractivity contribution in [3.8, 4) is 0 Å². The zero-order chi connectivity index (χ0) is 10.5. The quantitative estimate of drug-likeness (QED) is 0.557. The lowest BCUT2D eigenvalue weighted by atomic mass is 10.1. The second kappa shape index (κ2) is 5.47. The van der Waals surface area contributed by atoms with E-state index in [1.807, 2.05) is 0 Å². The molecule has 2 heterocycles. The van der Waals surface area contributed by atoms with Crippen LogP contribution in [0.1, 0.15) is 32.1 Å². The van der Waals surface area contributed by atoms with Gasteiger partial charge in [-0.15, -0.1) is 0 Å². The molecule has 0 aromatic rings. The van der Waals surface area contributed by atoms with Crippen molar-refractivity contribution in [2.75, 3.05) is 26.2 Å². The van der Waals surface area contributed by atoms with Crippen LogP contribution in [-0.2, 0) is 4.74 Å². The fraction of sp³-hybridized carbons (Fsp3) is 0.909. The van der Waals surface area contributed by atoms with E-state index in [1.54, 1.807) is 0 Å². The summed E-state index contributed by atoms with van der Waals surface area (Å²) in [6.45, 7) is 4.01. The van der Waals surface area contributed by atoms with E-state index in [9.17, 15) is 0 Å². The summed E-state index contributed by atoms with van der Waals surface area (Å²) in [6, 6.07) is 0. The first-order valence-electron chi connectivity index (χ1n) is 5.92. The molecule has 2 rings (SSSR count). The number of hydrogen-bond donors (Lipinski definition) is 1. The Kier molecular flexibility index (Phi) is 3.97. The van der Waals surface area contributed by atoms with Crippen LogP contribution in [0.5, 0.6) is 0 Å². The first kappa shape index (κ1) is 10.9. The van der Waals surface area contributed by atoms with Crippen LogP contribution >= 0.6 is 0 Å². The van der Waals surface area contributed by atoms with E-state index >= 15 is 0 Å². The number of rotatable bonds is 2. The van der Waals surface area contributed by atoms with E-state index < -0.39 is 0 Å². The average molecular weight is 212 g/mol. The zero-order valence-corrected chi connectivity index (χ0v) is 9.19. The Morgan fingerprint density at radius 2 is 2.13 bits per heavy atom. The lowest BCUT2D eigenvalue weighted by Crippen LogP contribution is -2.40. The highest BCUT2D eigenvalue weighted by molar-refractivity contribution is 5.84. The summed E-state index contributed by atoms with van der Waals surface area (Å²) in [5, 5.41) is 11.9. The maximum absolute atomic E-state index is 8.64. The first-order valence-corrected chi connectivity index (χ1v) is 5.92. The lowest BCUT2D eigenvalue weighted by Gasteiger charge is -2.32. The molecule has 86 valence electrons. The molecule has 1 atom stereocenters. The van der Waals surface area contributed by atoms with E-state index in [2.05, 4.69) is 10.1 Å². The van der Waals surface area contributed by atoms with Gasteiger partial charge in [0.2, 0.25) is 0 Å². The van der Waals surface area contributed by atoms with Gasteiger partial charge in [0.1, 0.15) is 0 Å². The van der Waals surface area contributed by atoms with Gasteiger partial charge >= 0.3 is 0 Å². The molecule has 0 spiro atoms. The third-order valence-corrected chi connectivity index (χ3v) is 3.31. The van der Waals surface area contributed by atoms with Crippen molar-refractivity contribution < 1.29 is 9.94 Å². The van der Waals surface area contributed by atoms with E-state index in [0.29, 0.717) is 6.10 Å². The van der Waals surface area contributed by atoms with Crippen LogP contribution in [0.4, 0.5) is 0 Å². The van der Waals surface area contributed by atoms with Gasteiger partial charge in [0, 0.05) is 39.1 Å². The van der Waals surface area contributed by atoms with Crippen LogP contribution in [0.25, 0.3) is 0 Å². The van der Waals surface area contributed by atoms with Crippen molar-refractivity contribution >= 4 is 5.71 Å². The van der Waals surface area contributed by atoms with E-state index in [1.165, 1.54) is 19.3 Å². The summed E-state index contributed by atoms with van der Waals surface area (Å²) in [6.07, 6.45) is 5.98. The van der Waals surface area contributed by atoms with Crippen molar-refractivity contribution in [3.63, 3.8) is 0 Å². The third-order valence-electron chi connectivity index (χ3n) is 3.31. The van der Waals surface area contributed by atoms with Gasteiger partial charge in [0.25, 0.3) is 0 Å². The second-order valence-corrected chi connectivity index (χ2v) is 4.46. The highest BCUT2D eigenvalue weighted by atomic mass is 16.5. The fourth-order valence-electron chi connectivity index (χ4n) is 2.33. The van der Waals surface area contributed by atoms with E-state index in [-0.39, 0.29) is 0 Å². The predicted molar refractivity (Wildman–Crippen MR) is 58.5 cm³/mol. The molecule has 0 saturated carbocycles. The second-order valence-electron chi connectivity index (χ2n) is 4.46. The van der Waals surface area contributed by atoms with E-state index in [4.69, 9.17) is 9.94 Å². The number of nitrogens with zero attached hydrogens (tertiary/aromatic N) is 2. The smallest absolute Gasteiger partial charge is 0.0702 e.